The Bertz CT molecular complexity index is 1120. The molecule has 1 aliphatic carbocycles. The molecule has 0 aromatic carbocycles. The van der Waals surface area contributed by atoms with Gasteiger partial charge in [-0.2, -0.15) is 10.2 Å². The van der Waals surface area contributed by atoms with Gasteiger partial charge in [-0.1, -0.05) is 24.2 Å². The third kappa shape index (κ3) is 3.24. The first-order valence-corrected chi connectivity index (χ1v) is 10.0. The van der Waals surface area contributed by atoms with Gasteiger partial charge in [-0.05, 0) is 31.0 Å². The Balaban J connectivity index is 1.46. The zero-order valence-corrected chi connectivity index (χ0v) is 15.9. The highest BCUT2D eigenvalue weighted by Gasteiger charge is 2.22. The Morgan fingerprint density at radius 3 is 2.71 bits per heavy atom. The van der Waals surface area contributed by atoms with Gasteiger partial charge in [0.25, 0.3) is 0 Å². The molecule has 28 heavy (non-hydrogen) atoms. The summed E-state index contributed by atoms with van der Waals surface area (Å²) in [5.74, 6) is 0.974. The summed E-state index contributed by atoms with van der Waals surface area (Å²) in [5, 5.41) is 21.5. The third-order valence-electron chi connectivity index (χ3n) is 4.94. The predicted molar refractivity (Wildman–Crippen MR) is 109 cm³/mol. The summed E-state index contributed by atoms with van der Waals surface area (Å²) < 4.78 is 0. The maximum absolute atomic E-state index is 6.25. The molecule has 8 nitrogen and oxygen atoms in total. The first-order valence-electron chi connectivity index (χ1n) is 9.20. The van der Waals surface area contributed by atoms with Gasteiger partial charge in [0, 0.05) is 5.92 Å². The number of pyridine rings is 2. The number of nitrogen functional groups attached to an aromatic ring is 1. The van der Waals surface area contributed by atoms with Crippen molar-refractivity contribution in [3.8, 4) is 10.6 Å². The normalized spacial score (nSPS) is 14.6. The molecule has 0 amide bonds. The monoisotopic (exact) mass is 390 g/mol. The second-order valence-electron chi connectivity index (χ2n) is 6.87. The Morgan fingerprint density at radius 1 is 1.00 bits per heavy atom. The first-order chi connectivity index (χ1) is 13.8. The van der Waals surface area contributed by atoms with E-state index in [2.05, 4.69) is 35.7 Å². The quantitative estimate of drug-likeness (QED) is 0.539. The SMILES string of the molecule is Nc1nc2cc(Nc3ccnnc3)cnc2cc1-c1nnc(C2CCCC2)s1. The van der Waals surface area contributed by atoms with Crippen LogP contribution in [0.4, 0.5) is 17.2 Å². The molecular formula is C19H18N8S. The molecule has 0 unspecified atom stereocenters. The topological polar surface area (TPSA) is 115 Å². The molecule has 3 N–H and O–H groups in total. The van der Waals surface area contributed by atoms with Gasteiger partial charge in [-0.25, -0.2) is 4.98 Å². The van der Waals surface area contributed by atoms with E-state index >= 15 is 0 Å². The molecule has 9 heteroatoms. The van der Waals surface area contributed by atoms with E-state index in [4.69, 9.17) is 5.73 Å². The largest absolute Gasteiger partial charge is 0.383 e. The van der Waals surface area contributed by atoms with E-state index in [1.807, 2.05) is 18.2 Å². The molecule has 0 spiro atoms. The molecular weight excluding hydrogens is 372 g/mol. The summed E-state index contributed by atoms with van der Waals surface area (Å²) in [6.07, 6.45) is 9.97. The fourth-order valence-electron chi connectivity index (χ4n) is 3.52. The molecule has 1 aliphatic rings. The second-order valence-corrected chi connectivity index (χ2v) is 7.88. The van der Waals surface area contributed by atoms with Crippen LogP contribution in [0.5, 0.6) is 0 Å². The minimum Gasteiger partial charge on any atom is -0.383 e. The number of rotatable bonds is 4. The lowest BCUT2D eigenvalue weighted by atomic mass is 10.1. The molecule has 1 fully saturated rings. The van der Waals surface area contributed by atoms with Crippen molar-refractivity contribution in [1.29, 1.82) is 0 Å². The molecule has 4 aromatic heterocycles. The average molecular weight is 390 g/mol. The van der Waals surface area contributed by atoms with Gasteiger partial charge < -0.3 is 11.1 Å². The molecule has 0 atom stereocenters. The summed E-state index contributed by atoms with van der Waals surface area (Å²) in [5.41, 5.74) is 10.2. The van der Waals surface area contributed by atoms with Gasteiger partial charge in [0.1, 0.15) is 10.8 Å². The van der Waals surface area contributed by atoms with Crippen molar-refractivity contribution in [2.24, 2.45) is 0 Å². The van der Waals surface area contributed by atoms with Crippen LogP contribution in [0.3, 0.4) is 0 Å². The number of nitrogens with two attached hydrogens (primary N) is 1. The number of hydrogen-bond acceptors (Lipinski definition) is 9. The van der Waals surface area contributed by atoms with E-state index in [0.717, 1.165) is 32.5 Å². The van der Waals surface area contributed by atoms with Gasteiger partial charge in [-0.15, -0.1) is 10.2 Å². The third-order valence-corrected chi connectivity index (χ3v) is 6.06. The van der Waals surface area contributed by atoms with Crippen molar-refractivity contribution < 1.29 is 0 Å². The molecule has 1 saturated carbocycles. The maximum Gasteiger partial charge on any atom is 0.151 e. The lowest BCUT2D eigenvalue weighted by Gasteiger charge is -2.08. The van der Waals surface area contributed by atoms with E-state index in [0.29, 0.717) is 17.3 Å². The van der Waals surface area contributed by atoms with E-state index in [-0.39, 0.29) is 0 Å². The van der Waals surface area contributed by atoms with Gasteiger partial charge >= 0.3 is 0 Å². The highest BCUT2D eigenvalue weighted by Crippen LogP contribution is 2.38. The van der Waals surface area contributed by atoms with Crippen LogP contribution in [0.2, 0.25) is 0 Å². The number of nitrogens with one attached hydrogen (secondary N) is 1. The Kier molecular flexibility index (Phi) is 4.28. The van der Waals surface area contributed by atoms with Crippen molar-refractivity contribution >= 4 is 39.6 Å². The minimum atomic E-state index is 0.436. The van der Waals surface area contributed by atoms with E-state index in [9.17, 15) is 0 Å². The van der Waals surface area contributed by atoms with Crippen molar-refractivity contribution in [3.63, 3.8) is 0 Å². The first kappa shape index (κ1) is 16.9. The molecule has 0 bridgehead atoms. The Hall–Kier alpha value is -3.20. The van der Waals surface area contributed by atoms with E-state index < -0.39 is 0 Å². The molecule has 0 saturated heterocycles. The number of hydrogen-bond donors (Lipinski definition) is 2. The average Bonchev–Trinajstić information content (AvgIpc) is 3.40. The summed E-state index contributed by atoms with van der Waals surface area (Å²) >= 11 is 1.62. The van der Waals surface area contributed by atoms with Gasteiger partial charge in [0.15, 0.2) is 5.01 Å². The zero-order chi connectivity index (χ0) is 18.9. The minimum absolute atomic E-state index is 0.436. The second kappa shape index (κ2) is 7.08. The van der Waals surface area contributed by atoms with Gasteiger partial charge in [0.2, 0.25) is 0 Å². The standard InChI is InChI=1S/C19H18N8S/c20-17-14(19-27-26-18(28-19)11-3-1-2-4-11)8-15-16(25-17)7-13(9-21-15)24-12-5-6-22-23-10-12/h5-11H,1-4H2,(H2,20,25)(H,22,24). The van der Waals surface area contributed by atoms with E-state index in [1.165, 1.54) is 25.7 Å². The molecule has 4 aromatic rings. The number of fused-ring (bicyclic) bond motifs is 1. The fourth-order valence-corrected chi connectivity index (χ4v) is 4.55. The predicted octanol–water partition coefficient (Wildman–Crippen LogP) is 3.92. The van der Waals surface area contributed by atoms with Crippen molar-refractivity contribution in [2.75, 3.05) is 11.1 Å². The fraction of sp³-hybridized carbons (Fsp3) is 0.263. The Morgan fingerprint density at radius 2 is 1.89 bits per heavy atom. The lowest BCUT2D eigenvalue weighted by Crippen LogP contribution is -1.98. The lowest BCUT2D eigenvalue weighted by molar-refractivity contribution is 0.705. The zero-order valence-electron chi connectivity index (χ0n) is 15.0. The van der Waals surface area contributed by atoms with Crippen molar-refractivity contribution in [1.82, 2.24) is 30.4 Å². The van der Waals surface area contributed by atoms with Crippen LogP contribution < -0.4 is 11.1 Å². The number of nitrogens with zero attached hydrogens (tertiary/aromatic N) is 6. The van der Waals surface area contributed by atoms with E-state index in [1.54, 1.807) is 29.9 Å². The van der Waals surface area contributed by atoms with Gasteiger partial charge in [-0.3, -0.25) is 4.98 Å². The Labute approximate surface area is 165 Å². The smallest absolute Gasteiger partial charge is 0.151 e. The molecule has 4 heterocycles. The van der Waals surface area contributed by atoms with Crippen molar-refractivity contribution in [2.45, 2.75) is 31.6 Å². The van der Waals surface area contributed by atoms with Crippen LogP contribution >= 0.6 is 11.3 Å². The van der Waals surface area contributed by atoms with Crippen LogP contribution in [0.25, 0.3) is 21.6 Å². The highest BCUT2D eigenvalue weighted by atomic mass is 32.1. The summed E-state index contributed by atoms with van der Waals surface area (Å²) in [4.78, 5) is 9.08. The molecule has 5 rings (SSSR count). The molecule has 140 valence electrons. The summed E-state index contributed by atoms with van der Waals surface area (Å²) in [6.45, 7) is 0. The van der Waals surface area contributed by atoms with Crippen LogP contribution in [0.1, 0.15) is 36.6 Å². The number of anilines is 3. The molecule has 0 radical (unpaired) electrons. The van der Waals surface area contributed by atoms with Crippen LogP contribution in [-0.4, -0.2) is 30.4 Å². The van der Waals surface area contributed by atoms with Crippen molar-refractivity contribution in [3.05, 3.63) is 41.8 Å². The van der Waals surface area contributed by atoms with Crippen LogP contribution in [-0.2, 0) is 0 Å². The van der Waals surface area contributed by atoms with Gasteiger partial charge in [0.05, 0.1) is 46.6 Å². The highest BCUT2D eigenvalue weighted by molar-refractivity contribution is 7.14. The number of aromatic nitrogens is 6. The summed E-state index contributed by atoms with van der Waals surface area (Å²) in [6, 6.07) is 5.68. The van der Waals surface area contributed by atoms with Crippen LogP contribution in [0.15, 0.2) is 36.8 Å². The maximum atomic E-state index is 6.25. The van der Waals surface area contributed by atoms with Crippen LogP contribution in [0, 0.1) is 0 Å². The molecule has 0 aliphatic heterocycles. The summed E-state index contributed by atoms with van der Waals surface area (Å²) in [7, 11) is 0.